The Labute approximate surface area is 160 Å². The molecule has 0 radical (unpaired) electrons. The zero-order chi connectivity index (χ0) is 19.1. The Morgan fingerprint density at radius 3 is 2.52 bits per heavy atom. The van der Waals surface area contributed by atoms with E-state index in [0.29, 0.717) is 32.7 Å². The molecule has 1 aliphatic rings. The van der Waals surface area contributed by atoms with E-state index in [1.165, 1.54) is 0 Å². The first-order valence-corrected chi connectivity index (χ1v) is 9.42. The molecule has 1 heterocycles. The lowest BCUT2D eigenvalue weighted by molar-refractivity contribution is -0.147. The number of hydrogen-bond donors (Lipinski definition) is 0. The van der Waals surface area contributed by atoms with Gasteiger partial charge in [-0.2, -0.15) is 0 Å². The summed E-state index contributed by atoms with van der Waals surface area (Å²) in [6.07, 6.45) is 1.35. The van der Waals surface area contributed by atoms with E-state index in [0.717, 1.165) is 28.2 Å². The SMILES string of the molecule is CCOC(=O)C1CCOC(Cc2ccc(OCc3ccccc3)cc2)=C1C. The number of carbonyl (C=O) groups is 1. The minimum Gasteiger partial charge on any atom is -0.498 e. The van der Waals surface area contributed by atoms with Gasteiger partial charge >= 0.3 is 5.97 Å². The van der Waals surface area contributed by atoms with Gasteiger partial charge in [0.2, 0.25) is 0 Å². The molecule has 4 nitrogen and oxygen atoms in total. The van der Waals surface area contributed by atoms with Crippen molar-refractivity contribution in [3.63, 3.8) is 0 Å². The van der Waals surface area contributed by atoms with Crippen LogP contribution in [0.25, 0.3) is 0 Å². The quantitative estimate of drug-likeness (QED) is 0.667. The zero-order valence-corrected chi connectivity index (χ0v) is 15.9. The lowest BCUT2D eigenvalue weighted by Gasteiger charge is -2.26. The summed E-state index contributed by atoms with van der Waals surface area (Å²) in [7, 11) is 0. The van der Waals surface area contributed by atoms with Crippen molar-refractivity contribution in [2.45, 2.75) is 33.3 Å². The average Bonchev–Trinajstić information content (AvgIpc) is 2.70. The fourth-order valence-corrected chi connectivity index (χ4v) is 3.18. The Morgan fingerprint density at radius 2 is 1.81 bits per heavy atom. The molecule has 142 valence electrons. The molecule has 2 aromatic rings. The minimum absolute atomic E-state index is 0.152. The van der Waals surface area contributed by atoms with Gasteiger partial charge in [0, 0.05) is 6.42 Å². The second-order valence-corrected chi connectivity index (χ2v) is 6.64. The molecule has 2 aromatic carbocycles. The summed E-state index contributed by atoms with van der Waals surface area (Å²) >= 11 is 0. The highest BCUT2D eigenvalue weighted by atomic mass is 16.5. The van der Waals surface area contributed by atoms with Crippen LogP contribution in [-0.2, 0) is 27.3 Å². The number of allylic oxidation sites excluding steroid dienone is 1. The smallest absolute Gasteiger partial charge is 0.313 e. The molecule has 0 saturated carbocycles. The topological polar surface area (TPSA) is 44.8 Å². The van der Waals surface area contributed by atoms with Gasteiger partial charge in [-0.3, -0.25) is 4.79 Å². The van der Waals surface area contributed by atoms with E-state index in [1.54, 1.807) is 0 Å². The van der Waals surface area contributed by atoms with Gasteiger partial charge in [0.1, 0.15) is 18.1 Å². The van der Waals surface area contributed by atoms with Crippen molar-refractivity contribution in [3.05, 3.63) is 77.1 Å². The van der Waals surface area contributed by atoms with Gasteiger partial charge in [-0.1, -0.05) is 42.5 Å². The highest BCUT2D eigenvalue weighted by Gasteiger charge is 2.28. The van der Waals surface area contributed by atoms with Crippen LogP contribution in [0.4, 0.5) is 0 Å². The van der Waals surface area contributed by atoms with E-state index in [-0.39, 0.29) is 11.9 Å². The van der Waals surface area contributed by atoms with Crippen molar-refractivity contribution in [1.29, 1.82) is 0 Å². The maximum Gasteiger partial charge on any atom is 0.313 e. The Balaban J connectivity index is 1.61. The van der Waals surface area contributed by atoms with Crippen molar-refractivity contribution >= 4 is 5.97 Å². The van der Waals surface area contributed by atoms with E-state index in [4.69, 9.17) is 14.2 Å². The summed E-state index contributed by atoms with van der Waals surface area (Å²) in [6, 6.07) is 18.1. The van der Waals surface area contributed by atoms with Crippen LogP contribution >= 0.6 is 0 Å². The molecule has 0 aliphatic carbocycles. The highest BCUT2D eigenvalue weighted by Crippen LogP contribution is 2.29. The standard InChI is InChI=1S/C23H26O4/c1-3-25-23(24)21-13-14-26-22(17(21)2)15-18-9-11-20(12-10-18)27-16-19-7-5-4-6-8-19/h4-12,21H,3,13-16H2,1-2H3. The van der Waals surface area contributed by atoms with Gasteiger partial charge in [0.05, 0.1) is 19.1 Å². The minimum atomic E-state index is -0.192. The Hall–Kier alpha value is -2.75. The van der Waals surface area contributed by atoms with Crippen LogP contribution in [0.3, 0.4) is 0 Å². The van der Waals surface area contributed by atoms with Crippen LogP contribution in [0.2, 0.25) is 0 Å². The molecule has 0 bridgehead atoms. The maximum atomic E-state index is 12.1. The summed E-state index contributed by atoms with van der Waals surface area (Å²) in [5.41, 5.74) is 3.24. The maximum absolute atomic E-state index is 12.1. The van der Waals surface area contributed by atoms with Crippen LogP contribution in [-0.4, -0.2) is 19.2 Å². The average molecular weight is 366 g/mol. The number of benzene rings is 2. The molecule has 1 atom stereocenters. The van der Waals surface area contributed by atoms with Crippen LogP contribution in [0.1, 0.15) is 31.4 Å². The van der Waals surface area contributed by atoms with Gasteiger partial charge in [-0.05, 0) is 49.1 Å². The van der Waals surface area contributed by atoms with Crippen molar-refractivity contribution in [3.8, 4) is 5.75 Å². The second kappa shape index (κ2) is 9.26. The van der Waals surface area contributed by atoms with E-state index in [2.05, 4.69) is 0 Å². The normalized spacial score (nSPS) is 16.6. The van der Waals surface area contributed by atoms with Crippen LogP contribution in [0, 0.1) is 5.92 Å². The van der Waals surface area contributed by atoms with Crippen molar-refractivity contribution in [1.82, 2.24) is 0 Å². The third kappa shape index (κ3) is 5.13. The molecule has 1 aliphatic heterocycles. The van der Waals surface area contributed by atoms with Crippen molar-refractivity contribution in [2.75, 3.05) is 13.2 Å². The van der Waals surface area contributed by atoms with Gasteiger partial charge in [0.25, 0.3) is 0 Å². The van der Waals surface area contributed by atoms with E-state index < -0.39 is 0 Å². The molecular weight excluding hydrogens is 340 g/mol. The molecule has 3 rings (SSSR count). The lowest BCUT2D eigenvalue weighted by Crippen LogP contribution is -2.26. The van der Waals surface area contributed by atoms with Crippen LogP contribution in [0.5, 0.6) is 5.75 Å². The van der Waals surface area contributed by atoms with Crippen LogP contribution < -0.4 is 4.74 Å². The predicted molar refractivity (Wildman–Crippen MR) is 104 cm³/mol. The Kier molecular flexibility index (Phi) is 6.53. The summed E-state index contributed by atoms with van der Waals surface area (Å²) in [4.78, 5) is 12.1. The summed E-state index contributed by atoms with van der Waals surface area (Å²) in [6.45, 7) is 5.30. The van der Waals surface area contributed by atoms with Crippen molar-refractivity contribution in [2.24, 2.45) is 5.92 Å². The lowest BCUT2D eigenvalue weighted by atomic mass is 9.92. The fraction of sp³-hybridized carbons (Fsp3) is 0.348. The van der Waals surface area contributed by atoms with E-state index in [1.807, 2.05) is 68.4 Å². The molecule has 4 heteroatoms. The van der Waals surface area contributed by atoms with Gasteiger partial charge in [0.15, 0.2) is 0 Å². The number of esters is 1. The van der Waals surface area contributed by atoms with Crippen LogP contribution in [0.15, 0.2) is 65.9 Å². The number of ether oxygens (including phenoxy) is 3. The molecule has 0 fully saturated rings. The van der Waals surface area contributed by atoms with E-state index >= 15 is 0 Å². The molecule has 0 spiro atoms. The van der Waals surface area contributed by atoms with E-state index in [9.17, 15) is 4.79 Å². The predicted octanol–water partition coefficient (Wildman–Crippen LogP) is 4.68. The molecule has 0 amide bonds. The molecular formula is C23H26O4. The first-order chi connectivity index (χ1) is 13.2. The zero-order valence-electron chi connectivity index (χ0n) is 15.9. The number of rotatable bonds is 7. The highest BCUT2D eigenvalue weighted by molar-refractivity contribution is 5.76. The molecule has 27 heavy (non-hydrogen) atoms. The Bertz CT molecular complexity index is 778. The van der Waals surface area contributed by atoms with Gasteiger partial charge in [-0.25, -0.2) is 0 Å². The first-order valence-electron chi connectivity index (χ1n) is 9.42. The fourth-order valence-electron chi connectivity index (χ4n) is 3.18. The number of carbonyl (C=O) groups excluding carboxylic acids is 1. The third-order valence-corrected chi connectivity index (χ3v) is 4.75. The number of hydrogen-bond acceptors (Lipinski definition) is 4. The second-order valence-electron chi connectivity index (χ2n) is 6.64. The van der Waals surface area contributed by atoms with Crippen molar-refractivity contribution < 1.29 is 19.0 Å². The molecule has 0 N–H and O–H groups in total. The summed E-state index contributed by atoms with van der Waals surface area (Å²) < 4.78 is 16.8. The van der Waals surface area contributed by atoms with Gasteiger partial charge in [-0.15, -0.1) is 0 Å². The summed E-state index contributed by atoms with van der Waals surface area (Å²) in [5.74, 6) is 1.36. The monoisotopic (exact) mass is 366 g/mol. The van der Waals surface area contributed by atoms with Gasteiger partial charge < -0.3 is 14.2 Å². The third-order valence-electron chi connectivity index (χ3n) is 4.75. The largest absolute Gasteiger partial charge is 0.498 e. The first kappa shape index (κ1) is 19.0. The molecule has 0 aromatic heterocycles. The molecule has 0 saturated heterocycles. The molecule has 1 unspecified atom stereocenters. The Morgan fingerprint density at radius 1 is 1.07 bits per heavy atom. The summed E-state index contributed by atoms with van der Waals surface area (Å²) in [5, 5.41) is 0.